The number of carbonyl (C=O) groups is 1. The first-order valence-electron chi connectivity index (χ1n) is 10.7. The van der Waals surface area contributed by atoms with Crippen LogP contribution in [-0.2, 0) is 9.68 Å². The summed E-state index contributed by atoms with van der Waals surface area (Å²) in [5, 5.41) is 25.3. The third kappa shape index (κ3) is 18.6. The third-order valence-corrected chi connectivity index (χ3v) is 5.15. The lowest BCUT2D eigenvalue weighted by Crippen LogP contribution is -2.53. The van der Waals surface area contributed by atoms with E-state index >= 15 is 0 Å². The molecule has 0 aliphatic heterocycles. The van der Waals surface area contributed by atoms with Crippen molar-refractivity contribution in [1.82, 2.24) is 10.6 Å². The van der Waals surface area contributed by atoms with Crippen molar-refractivity contribution >= 4 is 6.47 Å². The molecule has 0 aliphatic carbocycles. The lowest BCUT2D eigenvalue weighted by atomic mass is 9.93. The Bertz CT molecular complexity index is 303. The highest BCUT2D eigenvalue weighted by Crippen LogP contribution is 2.14. The minimum absolute atomic E-state index is 0.181. The van der Waals surface area contributed by atoms with Crippen LogP contribution in [0.15, 0.2) is 0 Å². The van der Waals surface area contributed by atoms with Gasteiger partial charge in [-0.25, -0.2) is 0 Å². The van der Waals surface area contributed by atoms with Crippen molar-refractivity contribution in [1.29, 1.82) is 0 Å². The second-order valence-electron chi connectivity index (χ2n) is 7.92. The molecule has 0 aromatic rings. The molecule has 5 atom stereocenters. The predicted molar refractivity (Wildman–Crippen MR) is 111 cm³/mol. The normalized spacial score (nSPS) is 16.3. The first-order valence-corrected chi connectivity index (χ1v) is 10.7. The Hall–Kier alpha value is -0.770. The SMILES string of the molecule is CCC(CN)CC(C)CNCC(O)CNCC(C)CC(CC)C[NH3+].O=CO[O-]. The molecular weight excluding hydrogens is 360 g/mol. The van der Waals surface area contributed by atoms with Crippen molar-refractivity contribution in [3.05, 3.63) is 0 Å². The number of aliphatic hydroxyl groups is 1. The van der Waals surface area contributed by atoms with Crippen molar-refractivity contribution in [2.45, 2.75) is 59.5 Å². The minimum atomic E-state index is -0.323. The highest BCUT2D eigenvalue weighted by molar-refractivity contribution is 5.35. The molecule has 8 heteroatoms. The molecule has 0 amide bonds. The average molecular weight is 407 g/mol. The van der Waals surface area contributed by atoms with Gasteiger partial charge >= 0.3 is 0 Å². The molecule has 28 heavy (non-hydrogen) atoms. The first kappa shape index (κ1) is 29.4. The van der Waals surface area contributed by atoms with E-state index in [0.29, 0.717) is 30.8 Å². The minimum Gasteiger partial charge on any atom is -0.662 e. The van der Waals surface area contributed by atoms with Gasteiger partial charge in [0.2, 0.25) is 0 Å². The van der Waals surface area contributed by atoms with Gasteiger partial charge in [0.05, 0.1) is 12.6 Å². The Balaban J connectivity index is 0. The maximum absolute atomic E-state index is 10.1. The van der Waals surface area contributed by atoms with Gasteiger partial charge in [-0.15, -0.1) is 0 Å². The summed E-state index contributed by atoms with van der Waals surface area (Å²) >= 11 is 0. The topological polar surface area (TPSA) is 147 Å². The van der Waals surface area contributed by atoms with Gasteiger partial charge in [0.15, 0.2) is 0 Å². The quantitative estimate of drug-likeness (QED) is 0.121. The molecule has 170 valence electrons. The van der Waals surface area contributed by atoms with Gasteiger partial charge in [0.1, 0.15) is 0 Å². The second kappa shape index (κ2) is 21.0. The van der Waals surface area contributed by atoms with E-state index in [1.165, 1.54) is 12.8 Å². The summed E-state index contributed by atoms with van der Waals surface area (Å²) in [6, 6.07) is 0. The Labute approximate surface area is 171 Å². The Morgan fingerprint density at radius 2 is 1.46 bits per heavy atom. The van der Waals surface area contributed by atoms with Crippen molar-refractivity contribution in [2.75, 3.05) is 39.3 Å². The number of nitrogens with two attached hydrogens (primary N) is 1. The van der Waals surface area contributed by atoms with Crippen LogP contribution in [0.5, 0.6) is 0 Å². The van der Waals surface area contributed by atoms with Crippen LogP contribution in [0.2, 0.25) is 0 Å². The number of carbonyl (C=O) groups excluding carboxylic acids is 1. The second-order valence-corrected chi connectivity index (χ2v) is 7.92. The number of nitrogens with one attached hydrogen (secondary N) is 2. The summed E-state index contributed by atoms with van der Waals surface area (Å²) in [7, 11) is 0. The average Bonchev–Trinajstić information content (AvgIpc) is 2.70. The molecular formula is C20H46N4O4. The zero-order valence-corrected chi connectivity index (χ0v) is 18.5. The molecule has 0 rings (SSSR count). The van der Waals surface area contributed by atoms with Crippen LogP contribution >= 0.6 is 0 Å². The first-order chi connectivity index (χ1) is 13.4. The van der Waals surface area contributed by atoms with Crippen molar-refractivity contribution in [2.24, 2.45) is 29.4 Å². The maximum atomic E-state index is 10.1. The summed E-state index contributed by atoms with van der Waals surface area (Å²) in [5.41, 5.74) is 9.78. The molecule has 0 bridgehead atoms. The summed E-state index contributed by atoms with van der Waals surface area (Å²) in [6.07, 6.45) is 4.42. The summed E-state index contributed by atoms with van der Waals surface area (Å²) < 4.78 is 0. The van der Waals surface area contributed by atoms with E-state index in [1.807, 2.05) is 0 Å². The van der Waals surface area contributed by atoms with Crippen LogP contribution in [0.1, 0.15) is 53.4 Å². The molecule has 0 heterocycles. The molecule has 0 radical (unpaired) electrons. The number of quaternary nitrogens is 1. The molecule has 0 aromatic carbocycles. The van der Waals surface area contributed by atoms with E-state index in [0.717, 1.165) is 44.9 Å². The number of hydrogen-bond donors (Lipinski definition) is 5. The molecule has 0 saturated heterocycles. The highest BCUT2D eigenvalue weighted by atomic mass is 17.1. The van der Waals surface area contributed by atoms with Crippen LogP contribution in [0, 0.1) is 23.7 Å². The lowest BCUT2D eigenvalue weighted by Gasteiger charge is -2.21. The van der Waals surface area contributed by atoms with Crippen molar-refractivity contribution in [3.63, 3.8) is 0 Å². The standard InChI is InChI=1S/C19H44N4O.CH2O3/c1-5-17(9-20)7-15(3)11-22-13-19(24)14-23-12-16(4)8-18(6-2)10-21;2-1-4-3/h15-19,22-24H,5-14,20-21H2,1-4H3;1,3H. The van der Waals surface area contributed by atoms with Gasteiger partial charge in [0.25, 0.3) is 6.47 Å². The van der Waals surface area contributed by atoms with Gasteiger partial charge in [0, 0.05) is 19.0 Å². The van der Waals surface area contributed by atoms with Gasteiger partial charge in [-0.2, -0.15) is 0 Å². The fourth-order valence-corrected chi connectivity index (χ4v) is 3.29. The number of rotatable bonds is 17. The largest absolute Gasteiger partial charge is 0.662 e. The van der Waals surface area contributed by atoms with E-state index in [2.05, 4.69) is 48.9 Å². The zero-order chi connectivity index (χ0) is 21.8. The predicted octanol–water partition coefficient (Wildman–Crippen LogP) is -0.733. The Kier molecular flexibility index (Phi) is 22.0. The maximum Gasteiger partial charge on any atom is 0.287 e. The van der Waals surface area contributed by atoms with E-state index in [-0.39, 0.29) is 12.6 Å². The van der Waals surface area contributed by atoms with Crippen molar-refractivity contribution < 1.29 is 25.8 Å². The smallest absolute Gasteiger partial charge is 0.287 e. The van der Waals surface area contributed by atoms with Gasteiger partial charge in [-0.05, 0) is 56.7 Å². The monoisotopic (exact) mass is 406 g/mol. The van der Waals surface area contributed by atoms with Crippen LogP contribution in [0.25, 0.3) is 0 Å². The fraction of sp³-hybridized carbons (Fsp3) is 0.950. The van der Waals surface area contributed by atoms with Gasteiger partial charge in [-0.1, -0.05) is 34.1 Å². The van der Waals surface area contributed by atoms with E-state index < -0.39 is 0 Å². The Morgan fingerprint density at radius 3 is 1.79 bits per heavy atom. The molecule has 0 fully saturated rings. The summed E-state index contributed by atoms with van der Waals surface area (Å²) in [5.74, 6) is 2.60. The fourth-order valence-electron chi connectivity index (χ4n) is 3.29. The molecule has 0 aromatic heterocycles. The number of aliphatic hydroxyl groups excluding tert-OH is 1. The molecule has 0 aliphatic rings. The van der Waals surface area contributed by atoms with Crippen LogP contribution in [-0.4, -0.2) is 57.0 Å². The zero-order valence-electron chi connectivity index (χ0n) is 18.5. The van der Waals surface area contributed by atoms with Crippen molar-refractivity contribution in [3.8, 4) is 0 Å². The molecule has 5 unspecified atom stereocenters. The highest BCUT2D eigenvalue weighted by Gasteiger charge is 2.13. The van der Waals surface area contributed by atoms with Crippen LogP contribution < -0.4 is 27.4 Å². The molecule has 0 spiro atoms. The van der Waals surface area contributed by atoms with Gasteiger partial charge in [-0.3, -0.25) is 4.79 Å². The lowest BCUT2D eigenvalue weighted by molar-refractivity contribution is -0.652. The Morgan fingerprint density at radius 1 is 1.04 bits per heavy atom. The van der Waals surface area contributed by atoms with E-state index in [1.54, 1.807) is 0 Å². The van der Waals surface area contributed by atoms with Crippen LogP contribution in [0.3, 0.4) is 0 Å². The molecule has 0 saturated carbocycles. The molecule has 8 N–H and O–H groups in total. The summed E-state index contributed by atoms with van der Waals surface area (Å²) in [6.45, 7) is 13.8. The number of hydrogen-bond acceptors (Lipinski definition) is 7. The third-order valence-electron chi connectivity index (χ3n) is 5.15. The van der Waals surface area contributed by atoms with E-state index in [9.17, 15) is 5.11 Å². The van der Waals surface area contributed by atoms with Crippen LogP contribution in [0.4, 0.5) is 0 Å². The van der Waals surface area contributed by atoms with E-state index in [4.69, 9.17) is 15.8 Å². The van der Waals surface area contributed by atoms with Gasteiger partial charge < -0.3 is 37.4 Å². The molecule has 8 nitrogen and oxygen atoms in total. The summed E-state index contributed by atoms with van der Waals surface area (Å²) in [4.78, 5) is 11.2.